The van der Waals surface area contributed by atoms with Gasteiger partial charge in [-0.1, -0.05) is 23.7 Å². The van der Waals surface area contributed by atoms with Crippen molar-refractivity contribution in [1.29, 1.82) is 5.26 Å². The first-order valence-corrected chi connectivity index (χ1v) is 9.91. The average Bonchev–Trinajstić information content (AvgIpc) is 2.70. The number of anilines is 1. The quantitative estimate of drug-likeness (QED) is 0.740. The molecule has 142 valence electrons. The fourth-order valence-electron chi connectivity index (χ4n) is 3.35. The van der Waals surface area contributed by atoms with E-state index in [2.05, 4.69) is 31.9 Å². The molecule has 3 N–H and O–H groups in total. The van der Waals surface area contributed by atoms with Crippen molar-refractivity contribution in [2.75, 3.05) is 24.5 Å². The second-order valence-electron chi connectivity index (χ2n) is 6.77. The van der Waals surface area contributed by atoms with Gasteiger partial charge in [-0.05, 0) is 41.8 Å². The van der Waals surface area contributed by atoms with Crippen molar-refractivity contribution in [2.45, 2.75) is 26.4 Å². The predicted octanol–water partition coefficient (Wildman–Crippen LogP) is 3.43. The van der Waals surface area contributed by atoms with Crippen LogP contribution in [0.1, 0.15) is 24.2 Å². The minimum atomic E-state index is -0.470. The lowest BCUT2D eigenvalue weighted by atomic mass is 9.80. The van der Waals surface area contributed by atoms with Crippen LogP contribution in [0.2, 0.25) is 5.02 Å². The molecule has 3 rings (SSSR count). The Labute approximate surface area is 172 Å². The summed E-state index contributed by atoms with van der Waals surface area (Å²) < 4.78 is 0.781. The number of piperidine rings is 1. The SMILES string of the molecule is Cc1nc(N2CCC(C#N)(CN)CC2)c(CO)nc1-c1cccc(Br)c1Cl. The molecule has 2 aromatic rings. The lowest BCUT2D eigenvalue weighted by Crippen LogP contribution is -2.44. The molecular weight excluding hydrogens is 430 g/mol. The van der Waals surface area contributed by atoms with E-state index >= 15 is 0 Å². The van der Waals surface area contributed by atoms with E-state index in [0.717, 1.165) is 15.7 Å². The number of halogens is 2. The molecule has 0 aliphatic carbocycles. The van der Waals surface area contributed by atoms with Crippen molar-refractivity contribution in [3.05, 3.63) is 39.1 Å². The largest absolute Gasteiger partial charge is 0.390 e. The molecule has 1 aromatic heterocycles. The summed E-state index contributed by atoms with van der Waals surface area (Å²) in [5, 5.41) is 19.9. The minimum absolute atomic E-state index is 0.224. The summed E-state index contributed by atoms with van der Waals surface area (Å²) in [4.78, 5) is 11.5. The van der Waals surface area contributed by atoms with Gasteiger partial charge >= 0.3 is 0 Å². The summed E-state index contributed by atoms with van der Waals surface area (Å²) in [6, 6.07) is 8.00. The van der Waals surface area contributed by atoms with Crippen LogP contribution in [0.3, 0.4) is 0 Å². The monoisotopic (exact) mass is 449 g/mol. The third-order valence-corrected chi connectivity index (χ3v) is 6.42. The maximum atomic E-state index is 9.89. The number of nitrogens with zero attached hydrogens (tertiary/aromatic N) is 4. The third-order valence-electron chi connectivity index (χ3n) is 5.13. The van der Waals surface area contributed by atoms with Crippen molar-refractivity contribution >= 4 is 33.3 Å². The zero-order valence-corrected chi connectivity index (χ0v) is 17.4. The molecule has 1 fully saturated rings. The van der Waals surface area contributed by atoms with Gasteiger partial charge in [0.1, 0.15) is 5.69 Å². The third kappa shape index (κ3) is 3.81. The van der Waals surface area contributed by atoms with Crippen molar-refractivity contribution < 1.29 is 5.11 Å². The number of hydrogen-bond donors (Lipinski definition) is 2. The first kappa shape index (κ1) is 20.0. The van der Waals surface area contributed by atoms with E-state index in [0.29, 0.717) is 54.7 Å². The number of aryl methyl sites for hydroxylation is 1. The Morgan fingerprint density at radius 3 is 2.67 bits per heavy atom. The van der Waals surface area contributed by atoms with Crippen LogP contribution >= 0.6 is 27.5 Å². The highest BCUT2D eigenvalue weighted by Crippen LogP contribution is 2.36. The van der Waals surface area contributed by atoms with Gasteiger partial charge < -0.3 is 15.7 Å². The fraction of sp³-hybridized carbons (Fsp3) is 0.421. The molecule has 1 saturated heterocycles. The molecule has 0 spiro atoms. The predicted molar refractivity (Wildman–Crippen MR) is 109 cm³/mol. The highest BCUT2D eigenvalue weighted by Gasteiger charge is 2.34. The Hall–Kier alpha value is -1.72. The van der Waals surface area contributed by atoms with Crippen LogP contribution in [0.5, 0.6) is 0 Å². The van der Waals surface area contributed by atoms with Crippen molar-refractivity contribution in [1.82, 2.24) is 9.97 Å². The Bertz CT molecular complexity index is 890. The van der Waals surface area contributed by atoms with Gasteiger partial charge in [0.25, 0.3) is 0 Å². The van der Waals surface area contributed by atoms with Crippen molar-refractivity contribution in [3.8, 4) is 17.3 Å². The molecule has 0 atom stereocenters. The van der Waals surface area contributed by atoms with Crippen LogP contribution in [0.25, 0.3) is 11.3 Å². The molecule has 1 aromatic carbocycles. The summed E-state index contributed by atoms with van der Waals surface area (Å²) in [5.41, 5.74) is 7.98. The van der Waals surface area contributed by atoms with Gasteiger partial charge in [-0.2, -0.15) is 5.26 Å². The zero-order chi connectivity index (χ0) is 19.6. The summed E-state index contributed by atoms with van der Waals surface area (Å²) in [6.07, 6.45) is 1.34. The number of rotatable bonds is 4. The molecule has 2 heterocycles. The Balaban J connectivity index is 1.97. The van der Waals surface area contributed by atoms with E-state index in [9.17, 15) is 10.4 Å². The van der Waals surface area contributed by atoms with Crippen LogP contribution in [-0.4, -0.2) is 34.7 Å². The number of benzene rings is 1. The van der Waals surface area contributed by atoms with Gasteiger partial charge in [-0.3, -0.25) is 0 Å². The Kier molecular flexibility index (Phi) is 6.02. The number of aliphatic hydroxyl groups is 1. The Morgan fingerprint density at radius 2 is 2.07 bits per heavy atom. The first-order valence-electron chi connectivity index (χ1n) is 8.73. The van der Waals surface area contributed by atoms with E-state index in [1.54, 1.807) is 0 Å². The number of nitriles is 1. The van der Waals surface area contributed by atoms with Gasteiger partial charge in [-0.15, -0.1) is 0 Å². The van der Waals surface area contributed by atoms with Gasteiger partial charge in [0.05, 0.1) is 34.5 Å². The van der Waals surface area contributed by atoms with Crippen LogP contribution in [-0.2, 0) is 6.61 Å². The molecule has 27 heavy (non-hydrogen) atoms. The van der Waals surface area contributed by atoms with E-state index in [4.69, 9.17) is 22.3 Å². The molecule has 0 saturated carbocycles. The van der Waals surface area contributed by atoms with E-state index in [1.807, 2.05) is 25.1 Å². The highest BCUT2D eigenvalue weighted by molar-refractivity contribution is 9.10. The van der Waals surface area contributed by atoms with Crippen LogP contribution in [0.15, 0.2) is 22.7 Å². The van der Waals surface area contributed by atoms with Crippen molar-refractivity contribution in [2.24, 2.45) is 11.1 Å². The maximum absolute atomic E-state index is 9.89. The van der Waals surface area contributed by atoms with Crippen molar-refractivity contribution in [3.63, 3.8) is 0 Å². The second kappa shape index (κ2) is 8.11. The summed E-state index contributed by atoms with van der Waals surface area (Å²) in [6.45, 7) is 3.33. The van der Waals surface area contributed by atoms with Gasteiger partial charge in [-0.25, -0.2) is 9.97 Å². The average molecular weight is 451 g/mol. The van der Waals surface area contributed by atoms with Gasteiger partial charge in [0.15, 0.2) is 5.82 Å². The lowest BCUT2D eigenvalue weighted by Gasteiger charge is -2.37. The zero-order valence-electron chi connectivity index (χ0n) is 15.0. The second-order valence-corrected chi connectivity index (χ2v) is 8.00. The normalized spacial score (nSPS) is 16.2. The summed E-state index contributed by atoms with van der Waals surface area (Å²) in [5.74, 6) is 0.661. The topological polar surface area (TPSA) is 99.1 Å². The minimum Gasteiger partial charge on any atom is -0.390 e. The number of aromatic nitrogens is 2. The maximum Gasteiger partial charge on any atom is 0.153 e. The number of nitrogens with two attached hydrogens (primary N) is 1. The standard InChI is InChI=1S/C19H21BrClN5O/c1-12-17(13-3-2-4-14(20)16(13)21)25-15(9-27)18(24-12)26-7-5-19(10-22,11-23)6-8-26/h2-4,27H,5-10,22H2,1H3. The highest BCUT2D eigenvalue weighted by atomic mass is 79.9. The summed E-state index contributed by atoms with van der Waals surface area (Å²) in [7, 11) is 0. The van der Waals surface area contributed by atoms with E-state index in [-0.39, 0.29) is 6.61 Å². The molecule has 0 amide bonds. The molecular formula is C19H21BrClN5O. The van der Waals surface area contributed by atoms with Gasteiger partial charge in [0, 0.05) is 29.7 Å². The Morgan fingerprint density at radius 1 is 1.37 bits per heavy atom. The molecule has 1 aliphatic rings. The van der Waals surface area contributed by atoms with Crippen LogP contribution in [0.4, 0.5) is 5.82 Å². The van der Waals surface area contributed by atoms with E-state index < -0.39 is 5.41 Å². The fourth-order valence-corrected chi connectivity index (χ4v) is 3.93. The first-order chi connectivity index (χ1) is 12.9. The summed E-state index contributed by atoms with van der Waals surface area (Å²) >= 11 is 9.85. The van der Waals surface area contributed by atoms with Gasteiger partial charge in [0.2, 0.25) is 0 Å². The lowest BCUT2D eigenvalue weighted by molar-refractivity contribution is 0.274. The number of aliphatic hydroxyl groups excluding tert-OH is 1. The molecule has 0 bridgehead atoms. The molecule has 1 aliphatic heterocycles. The molecule has 8 heteroatoms. The molecule has 6 nitrogen and oxygen atoms in total. The van der Waals surface area contributed by atoms with Crippen LogP contribution < -0.4 is 10.6 Å². The molecule has 0 unspecified atom stereocenters. The molecule has 0 radical (unpaired) electrons. The van der Waals surface area contributed by atoms with E-state index in [1.165, 1.54) is 0 Å². The van der Waals surface area contributed by atoms with Crippen LogP contribution in [0, 0.1) is 23.7 Å². The number of hydrogen-bond acceptors (Lipinski definition) is 6. The smallest absolute Gasteiger partial charge is 0.153 e.